The number of benzene rings is 1. The number of rotatable bonds is 6. The standard InChI is InChI=1S/C25H27N5O3S/c1-18-10-13-26-17-25(18,30(2)22-12-15-28-24-21(22)11-14-27-24)34(31,32)20-8-9-23(29-16-20)33-19-6-4-3-5-7-19/h3-9,11-12,14-16,18,26H,10,13,17H2,1-2H3,(H,27,28)/t18-,25+/m1/s1. The maximum Gasteiger partial charge on any atom is 0.219 e. The van der Waals surface area contributed by atoms with Gasteiger partial charge in [0.25, 0.3) is 0 Å². The van der Waals surface area contributed by atoms with E-state index in [9.17, 15) is 8.42 Å². The monoisotopic (exact) mass is 477 g/mol. The van der Waals surface area contributed by atoms with E-state index in [0.717, 1.165) is 29.7 Å². The van der Waals surface area contributed by atoms with Crippen molar-refractivity contribution in [2.75, 3.05) is 25.0 Å². The molecule has 5 rings (SSSR count). The Morgan fingerprint density at radius 2 is 1.91 bits per heavy atom. The molecule has 1 saturated heterocycles. The van der Waals surface area contributed by atoms with E-state index in [1.54, 1.807) is 18.3 Å². The van der Waals surface area contributed by atoms with Gasteiger partial charge in [0.05, 0.1) is 10.6 Å². The van der Waals surface area contributed by atoms with Crippen molar-refractivity contribution in [1.82, 2.24) is 20.3 Å². The molecule has 0 bridgehead atoms. The summed E-state index contributed by atoms with van der Waals surface area (Å²) < 4.78 is 34.3. The number of hydrogen-bond donors (Lipinski definition) is 2. The van der Waals surface area contributed by atoms with E-state index < -0.39 is 14.7 Å². The molecule has 0 radical (unpaired) electrons. The molecule has 34 heavy (non-hydrogen) atoms. The van der Waals surface area contributed by atoms with Crippen LogP contribution in [0.4, 0.5) is 5.69 Å². The quantitative estimate of drug-likeness (QED) is 0.433. The largest absolute Gasteiger partial charge is 0.439 e. The Kier molecular flexibility index (Phi) is 5.75. The maximum atomic E-state index is 14.3. The van der Waals surface area contributed by atoms with Crippen molar-refractivity contribution in [3.63, 3.8) is 0 Å². The second-order valence-electron chi connectivity index (χ2n) is 8.59. The molecule has 0 aliphatic carbocycles. The van der Waals surface area contributed by atoms with Gasteiger partial charge >= 0.3 is 0 Å². The van der Waals surface area contributed by atoms with Gasteiger partial charge in [-0.15, -0.1) is 0 Å². The molecule has 0 saturated carbocycles. The van der Waals surface area contributed by atoms with Crippen molar-refractivity contribution in [2.24, 2.45) is 5.92 Å². The minimum Gasteiger partial charge on any atom is -0.439 e. The first kappa shape index (κ1) is 22.4. The van der Waals surface area contributed by atoms with Gasteiger partial charge in [0.15, 0.2) is 4.87 Å². The van der Waals surface area contributed by atoms with Crippen LogP contribution in [0.1, 0.15) is 13.3 Å². The van der Waals surface area contributed by atoms with Crippen molar-refractivity contribution in [2.45, 2.75) is 23.1 Å². The Morgan fingerprint density at radius 3 is 2.65 bits per heavy atom. The first-order valence-electron chi connectivity index (χ1n) is 11.2. The van der Waals surface area contributed by atoms with Crippen molar-refractivity contribution < 1.29 is 13.2 Å². The number of piperidine rings is 1. The van der Waals surface area contributed by atoms with Gasteiger partial charge in [-0.3, -0.25) is 0 Å². The zero-order valence-electron chi connectivity index (χ0n) is 19.1. The van der Waals surface area contributed by atoms with Gasteiger partial charge in [-0.1, -0.05) is 25.1 Å². The number of H-pyrrole nitrogens is 1. The molecule has 2 atom stereocenters. The molecule has 1 aromatic carbocycles. The molecule has 0 amide bonds. The van der Waals surface area contributed by atoms with E-state index >= 15 is 0 Å². The van der Waals surface area contributed by atoms with Gasteiger partial charge in [-0.05, 0) is 49.2 Å². The minimum atomic E-state index is -3.85. The number of sulfone groups is 1. The molecule has 1 fully saturated rings. The predicted octanol–water partition coefficient (Wildman–Crippen LogP) is 3.99. The molecule has 176 valence electrons. The summed E-state index contributed by atoms with van der Waals surface area (Å²) in [5, 5.41) is 4.21. The number of aromatic amines is 1. The molecular formula is C25H27N5O3S. The van der Waals surface area contributed by atoms with Crippen LogP contribution in [0.25, 0.3) is 11.0 Å². The third-order valence-electron chi connectivity index (χ3n) is 6.72. The topological polar surface area (TPSA) is 100 Å². The highest BCUT2D eigenvalue weighted by Gasteiger charge is 2.54. The first-order chi connectivity index (χ1) is 16.4. The zero-order valence-corrected chi connectivity index (χ0v) is 19.9. The van der Waals surface area contributed by atoms with E-state index in [1.165, 1.54) is 6.20 Å². The number of nitrogens with one attached hydrogen (secondary N) is 2. The van der Waals surface area contributed by atoms with E-state index in [1.807, 2.05) is 67.5 Å². The van der Waals surface area contributed by atoms with Crippen LogP contribution in [-0.4, -0.2) is 48.4 Å². The second-order valence-corrected chi connectivity index (χ2v) is 10.8. The number of fused-ring (bicyclic) bond motifs is 1. The van der Waals surface area contributed by atoms with Crippen molar-refractivity contribution in [3.8, 4) is 11.6 Å². The summed E-state index contributed by atoms with van der Waals surface area (Å²) in [7, 11) is -2.00. The van der Waals surface area contributed by atoms with Gasteiger partial charge < -0.3 is 19.9 Å². The summed E-state index contributed by atoms with van der Waals surface area (Å²) in [6.45, 7) is 3.07. The Hall–Kier alpha value is -3.43. The van der Waals surface area contributed by atoms with E-state index in [-0.39, 0.29) is 10.8 Å². The van der Waals surface area contributed by atoms with Gasteiger partial charge in [0, 0.05) is 43.6 Å². The SMILES string of the molecule is C[C@@H]1CCNC[C@]1(N(C)c1ccnc2[nH]ccc12)S(=O)(=O)c1ccc(Oc2ccccc2)nc1. The van der Waals surface area contributed by atoms with Crippen molar-refractivity contribution in [3.05, 3.63) is 73.2 Å². The number of hydrogen-bond acceptors (Lipinski definition) is 7. The van der Waals surface area contributed by atoms with E-state index in [0.29, 0.717) is 18.2 Å². The summed E-state index contributed by atoms with van der Waals surface area (Å²) in [6, 6.07) is 16.2. The minimum absolute atomic E-state index is 0.133. The molecular weight excluding hydrogens is 450 g/mol. The van der Waals surface area contributed by atoms with Gasteiger partial charge in [0.1, 0.15) is 11.4 Å². The van der Waals surface area contributed by atoms with Crippen LogP contribution >= 0.6 is 0 Å². The van der Waals surface area contributed by atoms with Crippen LogP contribution in [0.15, 0.2) is 78.1 Å². The average molecular weight is 478 g/mol. The molecule has 1 aliphatic heterocycles. The third kappa shape index (κ3) is 3.61. The summed E-state index contributed by atoms with van der Waals surface area (Å²) in [5.41, 5.74) is 1.53. The third-order valence-corrected chi connectivity index (χ3v) is 9.33. The lowest BCUT2D eigenvalue weighted by Gasteiger charge is -2.49. The first-order valence-corrected chi connectivity index (χ1v) is 12.7. The lowest BCUT2D eigenvalue weighted by molar-refractivity contribution is 0.291. The van der Waals surface area contributed by atoms with Crippen LogP contribution in [0.2, 0.25) is 0 Å². The fourth-order valence-electron chi connectivity index (χ4n) is 4.82. The highest BCUT2D eigenvalue weighted by Crippen LogP contribution is 2.42. The summed E-state index contributed by atoms with van der Waals surface area (Å²) >= 11 is 0. The van der Waals surface area contributed by atoms with Crippen LogP contribution < -0.4 is 15.0 Å². The number of pyridine rings is 2. The molecule has 4 aromatic rings. The smallest absolute Gasteiger partial charge is 0.219 e. The Morgan fingerprint density at radius 1 is 1.09 bits per heavy atom. The summed E-state index contributed by atoms with van der Waals surface area (Å²) in [4.78, 5) is 12.6. The summed E-state index contributed by atoms with van der Waals surface area (Å²) in [5.74, 6) is 0.844. The number of anilines is 1. The van der Waals surface area contributed by atoms with Crippen LogP contribution in [-0.2, 0) is 9.84 Å². The van der Waals surface area contributed by atoms with Crippen LogP contribution in [0.5, 0.6) is 11.6 Å². The molecule has 2 N–H and O–H groups in total. The molecule has 0 unspecified atom stereocenters. The number of aromatic nitrogens is 3. The van der Waals surface area contributed by atoms with Crippen molar-refractivity contribution in [1.29, 1.82) is 0 Å². The Balaban J connectivity index is 1.56. The molecule has 0 spiro atoms. The number of para-hydroxylation sites is 1. The van der Waals surface area contributed by atoms with Gasteiger partial charge in [0.2, 0.25) is 15.7 Å². The molecule has 3 aromatic heterocycles. The van der Waals surface area contributed by atoms with Crippen LogP contribution in [0.3, 0.4) is 0 Å². The lowest BCUT2D eigenvalue weighted by Crippen LogP contribution is -2.65. The fraction of sp³-hybridized carbons (Fsp3) is 0.280. The second kappa shape index (κ2) is 8.73. The Labute approximate surface area is 198 Å². The van der Waals surface area contributed by atoms with Crippen LogP contribution in [0, 0.1) is 5.92 Å². The van der Waals surface area contributed by atoms with Gasteiger partial charge in [-0.25, -0.2) is 18.4 Å². The molecule has 4 heterocycles. The molecule has 8 nitrogen and oxygen atoms in total. The highest BCUT2D eigenvalue weighted by molar-refractivity contribution is 7.93. The fourth-order valence-corrected chi connectivity index (χ4v) is 7.06. The Bertz CT molecular complexity index is 1390. The lowest BCUT2D eigenvalue weighted by atomic mass is 9.92. The highest BCUT2D eigenvalue weighted by atomic mass is 32.2. The van der Waals surface area contributed by atoms with Crippen molar-refractivity contribution >= 4 is 26.6 Å². The number of nitrogens with zero attached hydrogens (tertiary/aromatic N) is 3. The number of likely N-dealkylation sites (N-methyl/N-ethyl adjacent to an activating group) is 1. The summed E-state index contributed by atoms with van der Waals surface area (Å²) in [6.07, 6.45) is 5.63. The number of ether oxygens (including phenoxy) is 1. The molecule has 1 aliphatic rings. The van der Waals surface area contributed by atoms with E-state index in [2.05, 4.69) is 20.3 Å². The zero-order chi connectivity index (χ0) is 23.8. The predicted molar refractivity (Wildman–Crippen MR) is 132 cm³/mol. The maximum absolute atomic E-state index is 14.3. The van der Waals surface area contributed by atoms with E-state index in [4.69, 9.17) is 4.74 Å². The average Bonchev–Trinajstić information content (AvgIpc) is 3.34. The normalized spacial score (nSPS) is 20.8. The molecule has 9 heteroatoms. The van der Waals surface area contributed by atoms with Gasteiger partial charge in [-0.2, -0.15) is 0 Å².